The van der Waals surface area contributed by atoms with Crippen LogP contribution in [0.5, 0.6) is 5.75 Å². The smallest absolute Gasteiger partial charge is 0.256 e. The minimum Gasteiger partial charge on any atom is -0.487 e. The molecule has 0 spiro atoms. The van der Waals surface area contributed by atoms with Gasteiger partial charge >= 0.3 is 0 Å². The highest BCUT2D eigenvalue weighted by molar-refractivity contribution is 7.88. The van der Waals surface area contributed by atoms with Gasteiger partial charge in [-0.05, 0) is 49.9 Å². The molecule has 3 heterocycles. The number of H-pyrrole nitrogens is 1. The molecule has 1 aromatic heterocycles. The van der Waals surface area contributed by atoms with Gasteiger partial charge in [0.1, 0.15) is 11.9 Å². The van der Waals surface area contributed by atoms with E-state index in [9.17, 15) is 18.0 Å². The fourth-order valence-electron chi connectivity index (χ4n) is 4.34. The second-order valence-corrected chi connectivity index (χ2v) is 10.8. The minimum absolute atomic E-state index is 0.194. The average Bonchev–Trinajstić information content (AvgIpc) is 3.17. The highest BCUT2D eigenvalue weighted by Gasteiger charge is 2.33. The van der Waals surface area contributed by atoms with Gasteiger partial charge in [0.25, 0.3) is 11.5 Å². The molecule has 172 valence electrons. The van der Waals surface area contributed by atoms with Crippen LogP contribution in [0.3, 0.4) is 0 Å². The number of carbonyl (C=O) groups is 1. The van der Waals surface area contributed by atoms with E-state index in [-0.39, 0.29) is 35.7 Å². The van der Waals surface area contributed by atoms with Gasteiger partial charge in [0.15, 0.2) is 0 Å². The third kappa shape index (κ3) is 4.42. The van der Waals surface area contributed by atoms with E-state index in [0.29, 0.717) is 42.8 Å². The number of fused-ring (bicyclic) bond motifs is 1. The normalized spacial score (nSPS) is 19.3. The molecule has 0 unspecified atom stereocenters. The summed E-state index contributed by atoms with van der Waals surface area (Å²) in [5, 5.41) is 0.226. The molecule has 1 amide bonds. The highest BCUT2D eigenvalue weighted by Crippen LogP contribution is 2.36. The predicted octanol–water partition coefficient (Wildman–Crippen LogP) is 2.26. The first kappa shape index (κ1) is 22.8. The Morgan fingerprint density at radius 1 is 1.22 bits per heavy atom. The number of sulfonamides is 1. The third-order valence-corrected chi connectivity index (χ3v) is 7.70. The van der Waals surface area contributed by atoms with Crippen molar-refractivity contribution in [3.05, 3.63) is 61.5 Å². The minimum atomic E-state index is -3.28. The van der Waals surface area contributed by atoms with Crippen molar-refractivity contribution in [2.75, 3.05) is 25.9 Å². The number of halogens is 1. The second-order valence-electron chi connectivity index (χ2n) is 8.48. The van der Waals surface area contributed by atoms with Crippen molar-refractivity contribution in [2.45, 2.75) is 39.3 Å². The molecule has 0 aliphatic carbocycles. The Morgan fingerprint density at radius 3 is 2.62 bits per heavy atom. The number of pyridine rings is 1. The lowest BCUT2D eigenvalue weighted by Gasteiger charge is -2.30. The van der Waals surface area contributed by atoms with Gasteiger partial charge in [0.2, 0.25) is 10.0 Å². The molecule has 2 aliphatic heterocycles. The molecule has 0 bridgehead atoms. The van der Waals surface area contributed by atoms with Crippen LogP contribution in [0.1, 0.15) is 39.2 Å². The molecule has 2 aromatic rings. The SMILES string of the molecule is Cc1cc(C)c(CN2CCc3ccc(O[C@H]4CCN(S(C)(=O)=O)C4)c(Cl)c3C2=O)c(=O)[nH]1. The van der Waals surface area contributed by atoms with E-state index in [0.717, 1.165) is 16.8 Å². The number of carbonyl (C=O) groups excluding carboxylic acids is 1. The van der Waals surface area contributed by atoms with Crippen molar-refractivity contribution in [1.82, 2.24) is 14.2 Å². The number of hydrogen-bond donors (Lipinski definition) is 1. The van der Waals surface area contributed by atoms with Crippen LogP contribution in [0.15, 0.2) is 23.0 Å². The van der Waals surface area contributed by atoms with Gasteiger partial charge in [-0.2, -0.15) is 4.31 Å². The van der Waals surface area contributed by atoms with Crippen LogP contribution in [0.4, 0.5) is 0 Å². The summed E-state index contributed by atoms with van der Waals surface area (Å²) in [5.41, 5.74) is 3.20. The van der Waals surface area contributed by atoms with Crippen molar-refractivity contribution in [3.8, 4) is 5.75 Å². The van der Waals surface area contributed by atoms with Crippen LogP contribution >= 0.6 is 11.6 Å². The number of aryl methyl sites for hydroxylation is 2. The first-order valence-corrected chi connectivity index (χ1v) is 12.7. The molecule has 0 saturated carbocycles. The lowest BCUT2D eigenvalue weighted by Crippen LogP contribution is -2.39. The molecule has 4 rings (SSSR count). The number of aromatic amines is 1. The van der Waals surface area contributed by atoms with E-state index >= 15 is 0 Å². The summed E-state index contributed by atoms with van der Waals surface area (Å²) in [6, 6.07) is 5.46. The van der Waals surface area contributed by atoms with Crippen molar-refractivity contribution in [3.63, 3.8) is 0 Å². The zero-order chi connectivity index (χ0) is 23.2. The Hall–Kier alpha value is -2.36. The zero-order valence-electron chi connectivity index (χ0n) is 18.3. The van der Waals surface area contributed by atoms with Gasteiger partial charge < -0.3 is 14.6 Å². The number of nitrogens with zero attached hydrogens (tertiary/aromatic N) is 2. The second kappa shape index (κ2) is 8.53. The maximum absolute atomic E-state index is 13.3. The molecule has 0 radical (unpaired) electrons. The van der Waals surface area contributed by atoms with Gasteiger partial charge in [-0.1, -0.05) is 17.7 Å². The zero-order valence-corrected chi connectivity index (χ0v) is 19.8. The van der Waals surface area contributed by atoms with Gasteiger partial charge in [0, 0.05) is 24.3 Å². The number of benzene rings is 1. The highest BCUT2D eigenvalue weighted by atomic mass is 35.5. The first-order valence-electron chi connectivity index (χ1n) is 10.5. The maximum atomic E-state index is 13.3. The fourth-order valence-corrected chi connectivity index (χ4v) is 5.52. The number of ether oxygens (including phenoxy) is 1. The number of amides is 1. The summed E-state index contributed by atoms with van der Waals surface area (Å²) >= 11 is 6.61. The quantitative estimate of drug-likeness (QED) is 0.709. The monoisotopic (exact) mass is 479 g/mol. The molecule has 1 atom stereocenters. The Bertz CT molecular complexity index is 1240. The average molecular weight is 480 g/mol. The van der Waals surface area contributed by atoms with Gasteiger partial charge in [0.05, 0.1) is 29.9 Å². The molecule has 32 heavy (non-hydrogen) atoms. The molecular formula is C22H26ClN3O5S. The van der Waals surface area contributed by atoms with E-state index < -0.39 is 10.0 Å². The lowest BCUT2D eigenvalue weighted by molar-refractivity contribution is 0.0725. The largest absolute Gasteiger partial charge is 0.487 e. The summed E-state index contributed by atoms with van der Waals surface area (Å²) in [4.78, 5) is 30.1. The molecule has 1 fully saturated rings. The summed E-state index contributed by atoms with van der Waals surface area (Å²) in [6.45, 7) is 5.01. The Kier molecular flexibility index (Phi) is 6.08. The molecule has 1 aromatic carbocycles. The van der Waals surface area contributed by atoms with Crippen LogP contribution in [0.2, 0.25) is 5.02 Å². The van der Waals surface area contributed by atoms with E-state index in [4.69, 9.17) is 16.3 Å². The van der Waals surface area contributed by atoms with Crippen LogP contribution in [0, 0.1) is 13.8 Å². The van der Waals surface area contributed by atoms with E-state index in [2.05, 4.69) is 4.98 Å². The Labute approximate surface area is 192 Å². The van der Waals surface area contributed by atoms with E-state index in [1.165, 1.54) is 10.6 Å². The van der Waals surface area contributed by atoms with E-state index in [1.54, 1.807) is 11.0 Å². The predicted molar refractivity (Wildman–Crippen MR) is 122 cm³/mol. The van der Waals surface area contributed by atoms with Gasteiger partial charge in [-0.25, -0.2) is 8.42 Å². The van der Waals surface area contributed by atoms with Crippen molar-refractivity contribution >= 4 is 27.5 Å². The third-order valence-electron chi connectivity index (χ3n) is 6.06. The molecule has 10 heteroatoms. The summed E-state index contributed by atoms with van der Waals surface area (Å²) < 4.78 is 30.9. The van der Waals surface area contributed by atoms with Crippen molar-refractivity contribution in [1.29, 1.82) is 0 Å². The summed E-state index contributed by atoms with van der Waals surface area (Å²) in [6.07, 6.45) is 2.02. The van der Waals surface area contributed by atoms with Crippen LogP contribution in [-0.2, 0) is 23.0 Å². The Morgan fingerprint density at radius 2 is 1.97 bits per heavy atom. The molecule has 1 N–H and O–H groups in total. The standard InChI is InChI=1S/C22H26ClN3O5S/c1-13-10-14(2)24-21(27)17(13)12-25-8-6-15-4-5-18(20(23)19(15)22(25)28)31-16-7-9-26(11-16)32(3,29)30/h4-5,10,16H,6-9,11-12H2,1-3H3,(H,24,27)/t16-/m0/s1. The summed E-state index contributed by atoms with van der Waals surface area (Å²) in [7, 11) is -3.28. The molecule has 1 saturated heterocycles. The Balaban J connectivity index is 1.56. The van der Waals surface area contributed by atoms with Crippen LogP contribution in [0.25, 0.3) is 0 Å². The summed E-state index contributed by atoms with van der Waals surface area (Å²) in [5.74, 6) is 0.121. The van der Waals surface area contributed by atoms with Crippen LogP contribution in [-0.4, -0.2) is 60.5 Å². The molecular weight excluding hydrogens is 454 g/mol. The fraction of sp³-hybridized carbons (Fsp3) is 0.455. The number of hydrogen-bond acceptors (Lipinski definition) is 5. The number of nitrogens with one attached hydrogen (secondary N) is 1. The van der Waals surface area contributed by atoms with Crippen LogP contribution < -0.4 is 10.3 Å². The maximum Gasteiger partial charge on any atom is 0.256 e. The van der Waals surface area contributed by atoms with Gasteiger partial charge in [-0.3, -0.25) is 9.59 Å². The van der Waals surface area contributed by atoms with E-state index in [1.807, 2.05) is 26.0 Å². The number of aromatic nitrogens is 1. The number of rotatable bonds is 5. The van der Waals surface area contributed by atoms with Gasteiger partial charge in [-0.15, -0.1) is 0 Å². The lowest BCUT2D eigenvalue weighted by atomic mass is 9.97. The topological polar surface area (TPSA) is 99.8 Å². The molecule has 2 aliphatic rings. The first-order chi connectivity index (χ1) is 15.0. The van der Waals surface area contributed by atoms with Crippen molar-refractivity contribution < 1.29 is 17.9 Å². The van der Waals surface area contributed by atoms with Crippen molar-refractivity contribution in [2.24, 2.45) is 0 Å². The molecule has 8 nitrogen and oxygen atoms in total.